The minimum Gasteiger partial charge on any atom is -0.497 e. The van der Waals surface area contributed by atoms with Crippen molar-refractivity contribution < 1.29 is 14.6 Å². The molecule has 1 amide bonds. The van der Waals surface area contributed by atoms with Crippen molar-refractivity contribution in [1.82, 2.24) is 10.3 Å². The number of aliphatic hydroxyl groups is 1. The number of fused-ring (bicyclic) bond motifs is 1. The van der Waals surface area contributed by atoms with E-state index in [-0.39, 0.29) is 12.5 Å². The molecule has 5 nitrogen and oxygen atoms in total. The Bertz CT molecular complexity index is 879. The molecule has 0 aliphatic heterocycles. The summed E-state index contributed by atoms with van der Waals surface area (Å²) in [4.78, 5) is 16.1. The smallest absolute Gasteiger partial charge is 0.244 e. The van der Waals surface area contributed by atoms with Gasteiger partial charge in [-0.05, 0) is 47.4 Å². The van der Waals surface area contributed by atoms with E-state index >= 15 is 0 Å². The Hall–Kier alpha value is -2.57. The van der Waals surface area contributed by atoms with Crippen LogP contribution in [-0.4, -0.2) is 23.1 Å². The van der Waals surface area contributed by atoms with Crippen molar-refractivity contribution in [1.29, 1.82) is 0 Å². The van der Waals surface area contributed by atoms with E-state index in [0.717, 1.165) is 32.8 Å². The number of thiophene rings is 1. The zero-order chi connectivity index (χ0) is 16.9. The quantitative estimate of drug-likeness (QED) is 0.603. The molecule has 0 radical (unpaired) electrons. The van der Waals surface area contributed by atoms with Gasteiger partial charge in [0, 0.05) is 27.6 Å². The standard InChI is InChI=1S/C18H18N2O3S/c1-23-15-2-4-17-13(8-15)7-14(20-17)9-19-18(22)5-3-16-6-12(10-21)11-24-16/h2-8,11,20-21H,9-10H2,1H3,(H,19,22)/b5-3+. The fourth-order valence-corrected chi connectivity index (χ4v) is 3.15. The number of aromatic nitrogens is 1. The third-order valence-electron chi connectivity index (χ3n) is 3.59. The minimum absolute atomic E-state index is 0.0156. The lowest BCUT2D eigenvalue weighted by Crippen LogP contribution is -2.20. The van der Waals surface area contributed by atoms with Gasteiger partial charge in [-0.15, -0.1) is 11.3 Å². The van der Waals surface area contributed by atoms with Gasteiger partial charge in [0.15, 0.2) is 0 Å². The first-order valence-corrected chi connectivity index (χ1v) is 8.35. The second-order valence-corrected chi connectivity index (χ2v) is 6.26. The maximum absolute atomic E-state index is 11.9. The van der Waals surface area contributed by atoms with Crippen molar-refractivity contribution in [2.75, 3.05) is 7.11 Å². The molecule has 1 aromatic carbocycles. The maximum atomic E-state index is 11.9. The molecule has 0 saturated heterocycles. The van der Waals surface area contributed by atoms with Crippen LogP contribution < -0.4 is 10.1 Å². The summed E-state index contributed by atoms with van der Waals surface area (Å²) in [7, 11) is 1.64. The fourth-order valence-electron chi connectivity index (χ4n) is 2.36. The number of carbonyl (C=O) groups is 1. The highest BCUT2D eigenvalue weighted by atomic mass is 32.1. The van der Waals surface area contributed by atoms with Gasteiger partial charge in [-0.2, -0.15) is 0 Å². The highest BCUT2D eigenvalue weighted by molar-refractivity contribution is 7.11. The van der Waals surface area contributed by atoms with Gasteiger partial charge in [0.2, 0.25) is 5.91 Å². The summed E-state index contributed by atoms with van der Waals surface area (Å²) in [6, 6.07) is 9.65. The number of benzene rings is 1. The zero-order valence-corrected chi connectivity index (χ0v) is 14.0. The van der Waals surface area contributed by atoms with Gasteiger partial charge in [-0.1, -0.05) is 0 Å². The second-order valence-electron chi connectivity index (χ2n) is 5.31. The van der Waals surface area contributed by atoms with Crippen molar-refractivity contribution >= 4 is 34.2 Å². The Morgan fingerprint density at radius 2 is 2.25 bits per heavy atom. The molecule has 24 heavy (non-hydrogen) atoms. The molecule has 0 spiro atoms. The number of hydrogen-bond acceptors (Lipinski definition) is 4. The van der Waals surface area contributed by atoms with Crippen LogP contribution in [0.15, 0.2) is 41.8 Å². The predicted molar refractivity (Wildman–Crippen MR) is 96.0 cm³/mol. The van der Waals surface area contributed by atoms with Crippen LogP contribution in [0.2, 0.25) is 0 Å². The number of aromatic amines is 1. The summed E-state index contributed by atoms with van der Waals surface area (Å²) in [5.74, 6) is 0.642. The third-order valence-corrected chi connectivity index (χ3v) is 4.54. The summed E-state index contributed by atoms with van der Waals surface area (Å²) in [5.41, 5.74) is 2.79. The molecule has 2 aromatic heterocycles. The van der Waals surface area contributed by atoms with E-state index in [9.17, 15) is 4.79 Å². The van der Waals surface area contributed by atoms with Crippen LogP contribution in [0.3, 0.4) is 0 Å². The lowest BCUT2D eigenvalue weighted by atomic mass is 10.2. The summed E-state index contributed by atoms with van der Waals surface area (Å²) < 4.78 is 5.21. The van der Waals surface area contributed by atoms with Crippen LogP contribution in [-0.2, 0) is 17.9 Å². The number of methoxy groups -OCH3 is 1. The van der Waals surface area contributed by atoms with E-state index < -0.39 is 0 Å². The Balaban J connectivity index is 1.59. The number of aliphatic hydroxyl groups excluding tert-OH is 1. The van der Waals surface area contributed by atoms with Gasteiger partial charge in [-0.25, -0.2) is 0 Å². The van der Waals surface area contributed by atoms with E-state index in [4.69, 9.17) is 9.84 Å². The van der Waals surface area contributed by atoms with Crippen LogP contribution in [0.25, 0.3) is 17.0 Å². The highest BCUT2D eigenvalue weighted by Crippen LogP contribution is 2.21. The molecule has 0 atom stereocenters. The van der Waals surface area contributed by atoms with Gasteiger partial charge in [-0.3, -0.25) is 4.79 Å². The lowest BCUT2D eigenvalue weighted by molar-refractivity contribution is -0.116. The molecule has 2 heterocycles. The number of ether oxygens (including phenoxy) is 1. The second kappa shape index (κ2) is 7.33. The SMILES string of the molecule is COc1ccc2[nH]c(CNC(=O)/C=C/c3cc(CO)cs3)cc2c1. The highest BCUT2D eigenvalue weighted by Gasteiger charge is 2.04. The molecule has 3 N–H and O–H groups in total. The van der Waals surface area contributed by atoms with Gasteiger partial charge in [0.1, 0.15) is 5.75 Å². The van der Waals surface area contributed by atoms with Gasteiger partial charge in [0.05, 0.1) is 20.3 Å². The van der Waals surface area contributed by atoms with Gasteiger partial charge >= 0.3 is 0 Å². The van der Waals surface area contributed by atoms with Crippen molar-refractivity contribution in [3.8, 4) is 5.75 Å². The molecule has 0 aliphatic carbocycles. The van der Waals surface area contributed by atoms with E-state index in [1.165, 1.54) is 17.4 Å². The minimum atomic E-state index is -0.162. The molecule has 0 aliphatic rings. The predicted octanol–water partition coefficient (Wildman–Crippen LogP) is 3.06. The van der Waals surface area contributed by atoms with Crippen molar-refractivity contribution in [3.63, 3.8) is 0 Å². The topological polar surface area (TPSA) is 74.3 Å². The molecular formula is C18H18N2O3S. The maximum Gasteiger partial charge on any atom is 0.244 e. The number of carbonyl (C=O) groups excluding carboxylic acids is 1. The van der Waals surface area contributed by atoms with Crippen LogP contribution >= 0.6 is 11.3 Å². The summed E-state index contributed by atoms with van der Waals surface area (Å²) in [5, 5.41) is 14.8. The van der Waals surface area contributed by atoms with E-state index in [1.807, 2.05) is 35.7 Å². The van der Waals surface area contributed by atoms with Gasteiger partial charge < -0.3 is 20.1 Å². The summed E-state index contributed by atoms with van der Waals surface area (Å²) in [6.07, 6.45) is 3.24. The van der Waals surface area contributed by atoms with Crippen molar-refractivity contribution in [2.24, 2.45) is 0 Å². The number of rotatable bonds is 6. The number of hydrogen-bond donors (Lipinski definition) is 3. The number of nitrogens with one attached hydrogen (secondary N) is 2. The van der Waals surface area contributed by atoms with Crippen LogP contribution in [0.1, 0.15) is 16.1 Å². The Labute approximate surface area is 143 Å². The molecule has 0 fully saturated rings. The average molecular weight is 342 g/mol. The summed E-state index contributed by atoms with van der Waals surface area (Å²) in [6.45, 7) is 0.439. The molecule has 124 valence electrons. The fraction of sp³-hybridized carbons (Fsp3) is 0.167. The molecule has 0 bridgehead atoms. The Morgan fingerprint density at radius 1 is 1.38 bits per heavy atom. The zero-order valence-electron chi connectivity index (χ0n) is 13.2. The van der Waals surface area contributed by atoms with Gasteiger partial charge in [0.25, 0.3) is 0 Å². The van der Waals surface area contributed by atoms with E-state index in [0.29, 0.717) is 6.54 Å². The average Bonchev–Trinajstić information content (AvgIpc) is 3.23. The lowest BCUT2D eigenvalue weighted by Gasteiger charge is -1.99. The third kappa shape index (κ3) is 3.84. The normalized spacial score (nSPS) is 11.2. The molecule has 6 heteroatoms. The van der Waals surface area contributed by atoms with Crippen LogP contribution in [0, 0.1) is 0 Å². The molecular weight excluding hydrogens is 324 g/mol. The first-order chi connectivity index (χ1) is 11.7. The largest absolute Gasteiger partial charge is 0.497 e. The summed E-state index contributed by atoms with van der Waals surface area (Å²) >= 11 is 1.49. The number of H-pyrrole nitrogens is 1. The molecule has 3 aromatic rings. The Morgan fingerprint density at radius 3 is 3.00 bits per heavy atom. The van der Waals surface area contributed by atoms with Crippen LogP contribution in [0.5, 0.6) is 5.75 Å². The van der Waals surface area contributed by atoms with Crippen molar-refractivity contribution in [2.45, 2.75) is 13.2 Å². The van der Waals surface area contributed by atoms with Crippen LogP contribution in [0.4, 0.5) is 0 Å². The first-order valence-electron chi connectivity index (χ1n) is 7.48. The molecule has 3 rings (SSSR count). The van der Waals surface area contributed by atoms with E-state index in [1.54, 1.807) is 13.2 Å². The van der Waals surface area contributed by atoms with Crippen molar-refractivity contribution in [3.05, 3.63) is 57.9 Å². The molecule has 0 unspecified atom stereocenters. The monoisotopic (exact) mass is 342 g/mol. The number of amides is 1. The first kappa shape index (κ1) is 16.3. The Kier molecular flexibility index (Phi) is 4.98. The van der Waals surface area contributed by atoms with E-state index in [2.05, 4.69) is 10.3 Å². The molecule has 0 saturated carbocycles.